The molecule has 6 heteroatoms. The first-order valence-electron chi connectivity index (χ1n) is 8.73. The predicted octanol–water partition coefficient (Wildman–Crippen LogP) is 3.46. The Morgan fingerprint density at radius 3 is 2.79 bits per heavy atom. The number of ether oxygens (including phenoxy) is 1. The van der Waals surface area contributed by atoms with E-state index in [4.69, 9.17) is 4.74 Å². The molecule has 3 rings (SSSR count). The van der Waals surface area contributed by atoms with Crippen molar-refractivity contribution in [2.45, 2.75) is 51.5 Å². The van der Waals surface area contributed by atoms with Crippen LogP contribution in [0.25, 0.3) is 0 Å². The van der Waals surface area contributed by atoms with Gasteiger partial charge in [-0.3, -0.25) is 14.9 Å². The van der Waals surface area contributed by atoms with Gasteiger partial charge >= 0.3 is 0 Å². The molecule has 2 fully saturated rings. The monoisotopic (exact) mass is 332 g/mol. The van der Waals surface area contributed by atoms with Crippen molar-refractivity contribution in [3.63, 3.8) is 0 Å². The van der Waals surface area contributed by atoms with Crippen LogP contribution < -0.4 is 4.74 Å². The maximum absolute atomic E-state index is 12.6. The zero-order valence-electron chi connectivity index (χ0n) is 14.1. The van der Waals surface area contributed by atoms with Crippen LogP contribution in [-0.2, 0) is 4.79 Å². The molecule has 0 aromatic heterocycles. The van der Waals surface area contributed by atoms with Crippen molar-refractivity contribution in [1.29, 1.82) is 0 Å². The summed E-state index contributed by atoms with van der Waals surface area (Å²) >= 11 is 0. The van der Waals surface area contributed by atoms with Crippen LogP contribution in [0.3, 0.4) is 0 Å². The molecular formula is C18H24N2O4. The van der Waals surface area contributed by atoms with Gasteiger partial charge in [0.25, 0.3) is 11.6 Å². The molecule has 1 saturated carbocycles. The molecule has 2 atom stereocenters. The molecule has 0 bridgehead atoms. The maximum Gasteiger partial charge on any atom is 0.272 e. The number of likely N-dealkylation sites (tertiary alicyclic amines) is 1. The van der Waals surface area contributed by atoms with Crippen molar-refractivity contribution in [3.05, 3.63) is 33.9 Å². The molecule has 1 aliphatic carbocycles. The topological polar surface area (TPSA) is 72.7 Å². The molecule has 0 N–H and O–H groups in total. The Kier molecular flexibility index (Phi) is 5.02. The van der Waals surface area contributed by atoms with Gasteiger partial charge in [-0.25, -0.2) is 0 Å². The van der Waals surface area contributed by atoms with Crippen LogP contribution in [0, 0.1) is 23.0 Å². The molecule has 0 spiro atoms. The standard InChI is InChI=1S/C18H24N2O4/c1-13-11-15(8-9-16(13)20(22)23)24-12-18(21)19-10-4-6-14-5-2-3-7-17(14)19/h8-9,11,14,17H,2-7,10,12H2,1H3/t14-,17+/m0/s1. The highest BCUT2D eigenvalue weighted by molar-refractivity contribution is 5.78. The Morgan fingerprint density at radius 1 is 1.29 bits per heavy atom. The first kappa shape index (κ1) is 16.7. The molecule has 0 radical (unpaired) electrons. The number of aryl methyl sites for hydroxylation is 1. The Bertz CT molecular complexity index is 629. The minimum atomic E-state index is -0.415. The van der Waals surface area contributed by atoms with E-state index >= 15 is 0 Å². The normalized spacial score (nSPS) is 23.5. The summed E-state index contributed by atoms with van der Waals surface area (Å²) in [5.74, 6) is 1.18. The van der Waals surface area contributed by atoms with Crippen LogP contribution in [0.2, 0.25) is 0 Å². The summed E-state index contributed by atoms with van der Waals surface area (Å²) in [5.41, 5.74) is 0.602. The average Bonchev–Trinajstić information content (AvgIpc) is 2.59. The first-order chi connectivity index (χ1) is 11.6. The smallest absolute Gasteiger partial charge is 0.272 e. The maximum atomic E-state index is 12.6. The number of hydrogen-bond acceptors (Lipinski definition) is 4. The zero-order valence-corrected chi connectivity index (χ0v) is 14.1. The van der Waals surface area contributed by atoms with E-state index in [-0.39, 0.29) is 18.2 Å². The van der Waals surface area contributed by atoms with Gasteiger partial charge in [-0.05, 0) is 50.7 Å². The van der Waals surface area contributed by atoms with E-state index in [1.165, 1.54) is 31.7 Å². The largest absolute Gasteiger partial charge is 0.484 e. The molecule has 1 saturated heterocycles. The summed E-state index contributed by atoms with van der Waals surface area (Å²) in [6.45, 7) is 2.49. The lowest BCUT2D eigenvalue weighted by atomic mass is 9.78. The summed E-state index contributed by atoms with van der Waals surface area (Å²) in [6.07, 6.45) is 7.12. The number of carbonyl (C=O) groups excluding carboxylic acids is 1. The number of nitrogens with zero attached hydrogens (tertiary/aromatic N) is 2. The van der Waals surface area contributed by atoms with E-state index in [0.717, 1.165) is 19.4 Å². The van der Waals surface area contributed by atoms with Gasteiger partial charge in [-0.2, -0.15) is 0 Å². The Hall–Kier alpha value is -2.11. The highest BCUT2D eigenvalue weighted by Gasteiger charge is 2.35. The van der Waals surface area contributed by atoms with Crippen LogP contribution in [0.5, 0.6) is 5.75 Å². The third-order valence-corrected chi connectivity index (χ3v) is 5.29. The Balaban J connectivity index is 1.60. The van der Waals surface area contributed by atoms with Crippen molar-refractivity contribution in [3.8, 4) is 5.75 Å². The lowest BCUT2D eigenvalue weighted by molar-refractivity contribution is -0.385. The van der Waals surface area contributed by atoms with Gasteiger partial charge < -0.3 is 9.64 Å². The molecule has 1 aliphatic heterocycles. The fourth-order valence-electron chi connectivity index (χ4n) is 4.08. The fourth-order valence-corrected chi connectivity index (χ4v) is 4.08. The number of carbonyl (C=O) groups is 1. The van der Waals surface area contributed by atoms with Gasteiger partial charge in [-0.1, -0.05) is 12.8 Å². The summed E-state index contributed by atoms with van der Waals surface area (Å²) < 4.78 is 5.60. The number of amides is 1. The molecule has 1 aromatic carbocycles. The SMILES string of the molecule is Cc1cc(OCC(=O)N2CCC[C@@H]3CCCC[C@H]32)ccc1[N+](=O)[O-]. The van der Waals surface area contributed by atoms with Crippen molar-refractivity contribution < 1.29 is 14.5 Å². The summed E-state index contributed by atoms with van der Waals surface area (Å²) in [5, 5.41) is 10.8. The van der Waals surface area contributed by atoms with Gasteiger partial charge in [0, 0.05) is 24.2 Å². The summed E-state index contributed by atoms with van der Waals surface area (Å²) in [6, 6.07) is 4.97. The van der Waals surface area contributed by atoms with Gasteiger partial charge in [0.05, 0.1) is 4.92 Å². The van der Waals surface area contributed by atoms with Gasteiger partial charge in [0.15, 0.2) is 6.61 Å². The minimum absolute atomic E-state index is 0.000467. The second-order valence-electron chi connectivity index (χ2n) is 6.84. The van der Waals surface area contributed by atoms with E-state index in [1.807, 2.05) is 4.90 Å². The number of piperidine rings is 1. The van der Waals surface area contributed by atoms with Gasteiger partial charge in [-0.15, -0.1) is 0 Å². The first-order valence-corrected chi connectivity index (χ1v) is 8.73. The molecule has 1 amide bonds. The quantitative estimate of drug-likeness (QED) is 0.625. The molecule has 2 aliphatic rings. The van der Waals surface area contributed by atoms with Gasteiger partial charge in [0.1, 0.15) is 5.75 Å². The van der Waals surface area contributed by atoms with E-state index in [0.29, 0.717) is 23.3 Å². The van der Waals surface area contributed by atoms with E-state index in [2.05, 4.69) is 0 Å². The predicted molar refractivity (Wildman–Crippen MR) is 90.0 cm³/mol. The van der Waals surface area contributed by atoms with E-state index in [1.54, 1.807) is 19.1 Å². The second kappa shape index (κ2) is 7.20. The second-order valence-corrected chi connectivity index (χ2v) is 6.84. The summed E-state index contributed by atoms with van der Waals surface area (Å²) in [7, 11) is 0. The average molecular weight is 332 g/mol. The molecule has 24 heavy (non-hydrogen) atoms. The number of hydrogen-bond donors (Lipinski definition) is 0. The lowest BCUT2D eigenvalue weighted by Crippen LogP contribution is -2.51. The van der Waals surface area contributed by atoms with Crippen molar-refractivity contribution in [2.24, 2.45) is 5.92 Å². The zero-order chi connectivity index (χ0) is 17.1. The highest BCUT2D eigenvalue weighted by atomic mass is 16.6. The van der Waals surface area contributed by atoms with Crippen molar-refractivity contribution in [1.82, 2.24) is 4.90 Å². The van der Waals surface area contributed by atoms with Crippen LogP contribution in [0.15, 0.2) is 18.2 Å². The van der Waals surface area contributed by atoms with Crippen LogP contribution >= 0.6 is 0 Å². The van der Waals surface area contributed by atoms with Crippen LogP contribution in [0.1, 0.15) is 44.1 Å². The molecule has 6 nitrogen and oxygen atoms in total. The Morgan fingerprint density at radius 2 is 2.04 bits per heavy atom. The highest BCUT2D eigenvalue weighted by Crippen LogP contribution is 2.35. The molecule has 1 heterocycles. The van der Waals surface area contributed by atoms with E-state index < -0.39 is 4.92 Å². The number of rotatable bonds is 4. The lowest BCUT2D eigenvalue weighted by Gasteiger charge is -2.44. The van der Waals surface area contributed by atoms with E-state index in [9.17, 15) is 14.9 Å². The van der Waals surface area contributed by atoms with Crippen LogP contribution in [0.4, 0.5) is 5.69 Å². The number of nitro groups is 1. The third kappa shape index (κ3) is 3.52. The number of benzene rings is 1. The van der Waals surface area contributed by atoms with Crippen molar-refractivity contribution in [2.75, 3.05) is 13.2 Å². The molecule has 1 aromatic rings. The fraction of sp³-hybridized carbons (Fsp3) is 0.611. The minimum Gasteiger partial charge on any atom is -0.484 e. The van der Waals surface area contributed by atoms with Gasteiger partial charge in [0.2, 0.25) is 0 Å². The van der Waals surface area contributed by atoms with Crippen LogP contribution in [-0.4, -0.2) is 34.9 Å². The van der Waals surface area contributed by atoms with Crippen molar-refractivity contribution >= 4 is 11.6 Å². The molecule has 130 valence electrons. The number of fused-ring (bicyclic) bond motifs is 1. The third-order valence-electron chi connectivity index (χ3n) is 5.29. The number of nitro benzene ring substituents is 1. The summed E-state index contributed by atoms with van der Waals surface area (Å²) in [4.78, 5) is 25.0. The molecular weight excluding hydrogens is 308 g/mol. The molecule has 0 unspecified atom stereocenters. The Labute approximate surface area is 141 Å².